The number of rotatable bonds is 4. The molecule has 9 nitrogen and oxygen atoms in total. The molecule has 176 valence electrons. The molecular formula is C22H21ClN6O3S2. The van der Waals surface area contributed by atoms with Crippen LogP contribution < -0.4 is 5.73 Å². The molecule has 2 aliphatic rings. The number of ether oxygens (including phenoxy) is 1. The molecule has 0 spiro atoms. The number of nitrogens with zero attached hydrogens (tertiary/aromatic N) is 5. The maximum absolute atomic E-state index is 13.0. The van der Waals surface area contributed by atoms with Crippen LogP contribution in [-0.4, -0.2) is 56.6 Å². The van der Waals surface area contributed by atoms with Crippen molar-refractivity contribution in [2.45, 2.75) is 18.0 Å². The zero-order valence-electron chi connectivity index (χ0n) is 18.4. The summed E-state index contributed by atoms with van der Waals surface area (Å²) in [4.78, 5) is 9.66. The fourth-order valence-electron chi connectivity index (χ4n) is 3.97. The Hall–Kier alpha value is -2.91. The third-order valence-corrected chi connectivity index (χ3v) is 10.1. The number of aromatic nitrogens is 2. The molecule has 3 aromatic rings. The van der Waals surface area contributed by atoms with Crippen LogP contribution >= 0.6 is 22.9 Å². The summed E-state index contributed by atoms with van der Waals surface area (Å²) in [5.41, 5.74) is 6.16. The fourth-order valence-corrected chi connectivity index (χ4v) is 7.28. The molecule has 1 aromatic carbocycles. The second-order valence-electron chi connectivity index (χ2n) is 8.57. The number of halogens is 1. The van der Waals surface area contributed by atoms with Crippen molar-refractivity contribution in [3.8, 4) is 22.2 Å². The van der Waals surface area contributed by atoms with Gasteiger partial charge in [-0.3, -0.25) is 4.31 Å². The van der Waals surface area contributed by atoms with Gasteiger partial charge in [-0.05, 0) is 43.1 Å². The third kappa shape index (κ3) is 3.58. The lowest BCUT2D eigenvalue weighted by Crippen LogP contribution is -2.50. The van der Waals surface area contributed by atoms with Gasteiger partial charge in [-0.15, -0.1) is 21.5 Å². The molecule has 1 saturated heterocycles. The van der Waals surface area contributed by atoms with Crippen LogP contribution in [0.3, 0.4) is 0 Å². The minimum absolute atomic E-state index is 0.150. The van der Waals surface area contributed by atoms with Crippen molar-refractivity contribution >= 4 is 44.5 Å². The molecule has 0 bridgehead atoms. The van der Waals surface area contributed by atoms with Crippen LogP contribution in [0.1, 0.15) is 17.4 Å². The highest BCUT2D eigenvalue weighted by Crippen LogP contribution is 2.44. The Bertz CT molecular complexity index is 1450. The average molecular weight is 517 g/mol. The summed E-state index contributed by atoms with van der Waals surface area (Å²) in [6.07, 6.45) is 0. The summed E-state index contributed by atoms with van der Waals surface area (Å²) < 4.78 is 25.5. The molecule has 2 atom stereocenters. The van der Waals surface area contributed by atoms with Crippen molar-refractivity contribution in [1.29, 1.82) is 0 Å². The second-order valence-corrected chi connectivity index (χ2v) is 12.4. The smallest absolute Gasteiger partial charge is 0.303 e. The van der Waals surface area contributed by atoms with Gasteiger partial charge in [0.25, 0.3) is 5.89 Å². The molecule has 0 amide bonds. The lowest BCUT2D eigenvalue weighted by molar-refractivity contribution is -0.0353. The van der Waals surface area contributed by atoms with Gasteiger partial charge in [0.05, 0.1) is 30.2 Å². The van der Waals surface area contributed by atoms with Gasteiger partial charge in [0, 0.05) is 18.2 Å². The van der Waals surface area contributed by atoms with E-state index in [1.54, 1.807) is 13.1 Å². The largest absolute Gasteiger partial charge is 0.415 e. The van der Waals surface area contributed by atoms with Crippen molar-refractivity contribution < 1.29 is 13.4 Å². The topological polar surface area (TPSA) is 111 Å². The van der Waals surface area contributed by atoms with E-state index in [0.29, 0.717) is 39.8 Å². The second kappa shape index (κ2) is 7.81. The number of aliphatic imine (C=N–C) groups is 1. The normalized spacial score (nSPS) is 25.9. The van der Waals surface area contributed by atoms with Gasteiger partial charge >= 0.3 is 5.54 Å². The Kier molecular flexibility index (Phi) is 5.25. The van der Waals surface area contributed by atoms with E-state index in [1.165, 1.54) is 15.6 Å². The average Bonchev–Trinajstić information content (AvgIpc) is 3.39. The minimum atomic E-state index is -2.64. The van der Waals surface area contributed by atoms with Crippen molar-refractivity contribution in [1.82, 2.24) is 14.5 Å². The zero-order chi connectivity index (χ0) is 24.3. The molecule has 4 heterocycles. The summed E-state index contributed by atoms with van der Waals surface area (Å²) in [5.74, 6) is 4.83. The van der Waals surface area contributed by atoms with E-state index in [-0.39, 0.29) is 11.7 Å². The Morgan fingerprint density at radius 2 is 1.97 bits per heavy atom. The standard InChI is InChI=1S/C22H21ClN6O3S2/c1-21(12-34(4,30)29(3)20(24)26-21)17-15(23)9-16(33-17)19-28-27-18(32-19)13-5-7-14(8-6-13)22(25-2)10-31-11-22/h5-9H,4,10-12H2,1,3H3,(H2,24,26)/t21-,34?/m0/s1. The van der Waals surface area contributed by atoms with E-state index in [2.05, 4.69) is 25.9 Å². The lowest BCUT2D eigenvalue weighted by atomic mass is 9.88. The first-order chi connectivity index (χ1) is 16.1. The number of guanidine groups is 1. The van der Waals surface area contributed by atoms with Gasteiger partial charge in [0.15, 0.2) is 0 Å². The van der Waals surface area contributed by atoms with E-state index in [1.807, 2.05) is 31.2 Å². The van der Waals surface area contributed by atoms with Gasteiger partial charge in [-0.2, -0.15) is 0 Å². The zero-order valence-corrected chi connectivity index (χ0v) is 20.8. The number of hydrogen-bond donors (Lipinski definition) is 1. The van der Waals surface area contributed by atoms with Gasteiger partial charge < -0.3 is 19.7 Å². The molecule has 12 heteroatoms. The molecule has 1 fully saturated rings. The van der Waals surface area contributed by atoms with Crippen molar-refractivity contribution in [3.05, 3.63) is 57.2 Å². The van der Waals surface area contributed by atoms with E-state index in [4.69, 9.17) is 33.1 Å². The van der Waals surface area contributed by atoms with Gasteiger partial charge in [-0.1, -0.05) is 11.6 Å². The highest BCUT2D eigenvalue weighted by molar-refractivity contribution is 7.98. The predicted molar refractivity (Wildman–Crippen MR) is 134 cm³/mol. The summed E-state index contributed by atoms with van der Waals surface area (Å²) in [5, 5.41) is 8.81. The Morgan fingerprint density at radius 3 is 2.56 bits per heavy atom. The number of hydrogen-bond acceptors (Lipinski definition) is 8. The predicted octanol–water partition coefficient (Wildman–Crippen LogP) is 3.37. The Labute approximate surface area is 206 Å². The van der Waals surface area contributed by atoms with Crippen LogP contribution in [0.2, 0.25) is 5.02 Å². The van der Waals surface area contributed by atoms with E-state index < -0.39 is 20.8 Å². The quantitative estimate of drug-likeness (QED) is 0.420. The molecule has 2 aliphatic heterocycles. The van der Waals surface area contributed by atoms with Crippen LogP contribution in [0, 0.1) is 6.57 Å². The fraction of sp³-hybridized carbons (Fsp3) is 0.318. The SMILES string of the molecule is [C-]#[N+]C1(c2ccc(-c3nnc(-c4cc(Cl)c([C@]5(C)CS(=C)(=O)N(C)C(N)=N5)s4)o3)cc2)COC1. The number of thiophene rings is 1. The minimum Gasteiger partial charge on any atom is -0.415 e. The van der Waals surface area contributed by atoms with Crippen molar-refractivity contribution in [2.75, 3.05) is 26.0 Å². The summed E-state index contributed by atoms with van der Waals surface area (Å²) in [6, 6.07) is 9.22. The monoisotopic (exact) mass is 516 g/mol. The van der Waals surface area contributed by atoms with Crippen LogP contribution in [0.5, 0.6) is 0 Å². The highest BCUT2D eigenvalue weighted by Gasteiger charge is 2.47. The molecule has 0 radical (unpaired) electrons. The lowest BCUT2D eigenvalue weighted by Gasteiger charge is -2.36. The first-order valence-electron chi connectivity index (χ1n) is 10.2. The van der Waals surface area contributed by atoms with Crippen LogP contribution in [-0.2, 0) is 25.5 Å². The third-order valence-electron chi connectivity index (χ3n) is 6.07. The number of nitrogens with two attached hydrogens (primary N) is 1. The van der Waals surface area contributed by atoms with Crippen molar-refractivity contribution in [3.63, 3.8) is 0 Å². The molecular weight excluding hydrogens is 496 g/mol. The maximum atomic E-state index is 13.0. The van der Waals surface area contributed by atoms with Crippen LogP contribution in [0.25, 0.3) is 27.1 Å². The van der Waals surface area contributed by atoms with Gasteiger partial charge in [0.2, 0.25) is 11.9 Å². The van der Waals surface area contributed by atoms with E-state index >= 15 is 0 Å². The van der Waals surface area contributed by atoms with Crippen molar-refractivity contribution in [2.24, 2.45) is 10.7 Å². The molecule has 2 N–H and O–H groups in total. The Morgan fingerprint density at radius 1 is 1.29 bits per heavy atom. The van der Waals surface area contributed by atoms with E-state index in [9.17, 15) is 4.21 Å². The maximum Gasteiger partial charge on any atom is 0.303 e. The number of benzene rings is 1. The van der Waals surface area contributed by atoms with Gasteiger partial charge in [-0.25, -0.2) is 15.8 Å². The van der Waals surface area contributed by atoms with E-state index in [0.717, 1.165) is 11.1 Å². The first kappa shape index (κ1) is 22.9. The van der Waals surface area contributed by atoms with Gasteiger partial charge in [0.1, 0.15) is 18.8 Å². The molecule has 1 unspecified atom stereocenters. The first-order valence-corrected chi connectivity index (χ1v) is 13.3. The summed E-state index contributed by atoms with van der Waals surface area (Å²) in [6.45, 7) is 10.1. The summed E-state index contributed by atoms with van der Waals surface area (Å²) in [7, 11) is -1.02. The molecule has 2 aromatic heterocycles. The molecule has 5 rings (SSSR count). The highest BCUT2D eigenvalue weighted by atomic mass is 35.5. The molecule has 34 heavy (non-hydrogen) atoms. The Balaban J connectivity index is 1.44. The van der Waals surface area contributed by atoms with Crippen LogP contribution in [0.15, 0.2) is 39.7 Å². The van der Waals surface area contributed by atoms with Crippen LogP contribution in [0.4, 0.5) is 0 Å². The molecule has 0 aliphatic carbocycles. The summed E-state index contributed by atoms with van der Waals surface area (Å²) >= 11 is 7.90. The molecule has 0 saturated carbocycles.